The van der Waals surface area contributed by atoms with Crippen LogP contribution in [0, 0.1) is 0 Å². The summed E-state index contributed by atoms with van der Waals surface area (Å²) in [5.41, 5.74) is -0.549. The molecule has 9 nitrogen and oxygen atoms in total. The van der Waals surface area contributed by atoms with Crippen LogP contribution >= 0.6 is 11.8 Å². The van der Waals surface area contributed by atoms with Gasteiger partial charge in [0.15, 0.2) is 5.65 Å². The summed E-state index contributed by atoms with van der Waals surface area (Å²) in [6, 6.07) is 0. The highest BCUT2D eigenvalue weighted by atomic mass is 32.2. The predicted octanol–water partition coefficient (Wildman–Crippen LogP) is 0.540. The van der Waals surface area contributed by atoms with Crippen molar-refractivity contribution in [1.82, 2.24) is 24.4 Å². The smallest absolute Gasteiger partial charge is 0.332 e. The molecule has 0 aliphatic heterocycles. The zero-order valence-electron chi connectivity index (χ0n) is 16.4. The molecule has 28 heavy (non-hydrogen) atoms. The van der Waals surface area contributed by atoms with E-state index >= 15 is 0 Å². The molecule has 0 saturated heterocycles. The third-order valence-electron chi connectivity index (χ3n) is 4.97. The molecule has 2 aromatic heterocycles. The van der Waals surface area contributed by atoms with E-state index < -0.39 is 11.2 Å². The summed E-state index contributed by atoms with van der Waals surface area (Å²) >= 11 is 1.19. The lowest BCUT2D eigenvalue weighted by Gasteiger charge is -2.14. The average Bonchev–Trinajstić information content (AvgIpc) is 3.23. The van der Waals surface area contributed by atoms with Crippen LogP contribution in [-0.4, -0.2) is 51.0 Å². The van der Waals surface area contributed by atoms with Gasteiger partial charge in [0.1, 0.15) is 16.2 Å². The number of hydrogen-bond acceptors (Lipinski definition) is 7. The number of carbonyl (C=O) groups excluding carboxylic acids is 1. The molecule has 0 bridgehead atoms. The van der Waals surface area contributed by atoms with E-state index in [1.807, 2.05) is 0 Å². The van der Waals surface area contributed by atoms with Crippen LogP contribution in [0.1, 0.15) is 37.4 Å². The standard InChI is InChI=1S/C18H25N5O4S/c1-22-15-13(17(25)23(2)18(22)26)16(28-10-12(24)19-8-9-27-3)21-14(20-15)11-6-4-5-7-11/h11H,4-10H2,1-3H3,(H,19,24). The number of methoxy groups -OCH3 is 1. The zero-order valence-corrected chi connectivity index (χ0v) is 17.2. The first kappa shape index (κ1) is 20.5. The topological polar surface area (TPSA) is 108 Å². The second-order valence-corrected chi connectivity index (χ2v) is 7.87. The Morgan fingerprint density at radius 2 is 1.93 bits per heavy atom. The third kappa shape index (κ3) is 4.12. The number of aromatic nitrogens is 4. The van der Waals surface area contributed by atoms with Crippen LogP contribution in [0.3, 0.4) is 0 Å². The summed E-state index contributed by atoms with van der Waals surface area (Å²) in [6.45, 7) is 0.853. The first-order chi connectivity index (χ1) is 13.4. The Balaban J connectivity index is 2.02. The largest absolute Gasteiger partial charge is 0.383 e. The third-order valence-corrected chi connectivity index (χ3v) is 5.95. The lowest BCUT2D eigenvalue weighted by molar-refractivity contribution is -0.118. The van der Waals surface area contributed by atoms with Crippen molar-refractivity contribution in [2.24, 2.45) is 14.1 Å². The number of aryl methyl sites for hydroxylation is 1. The van der Waals surface area contributed by atoms with Crippen molar-refractivity contribution in [2.75, 3.05) is 26.0 Å². The van der Waals surface area contributed by atoms with Gasteiger partial charge in [0, 0.05) is 33.7 Å². The second-order valence-electron chi connectivity index (χ2n) is 6.90. The van der Waals surface area contributed by atoms with Crippen molar-refractivity contribution in [2.45, 2.75) is 36.6 Å². The fourth-order valence-electron chi connectivity index (χ4n) is 3.39. The van der Waals surface area contributed by atoms with Crippen molar-refractivity contribution >= 4 is 28.7 Å². The van der Waals surface area contributed by atoms with Gasteiger partial charge in [-0.05, 0) is 12.8 Å². The Hall–Kier alpha value is -2.20. The summed E-state index contributed by atoms with van der Waals surface area (Å²) in [5.74, 6) is 0.818. The fourth-order valence-corrected chi connectivity index (χ4v) is 4.24. The summed E-state index contributed by atoms with van der Waals surface area (Å²) in [6.07, 6.45) is 4.22. The molecule has 10 heteroatoms. The minimum Gasteiger partial charge on any atom is -0.383 e. The van der Waals surface area contributed by atoms with E-state index in [0.717, 1.165) is 30.3 Å². The molecular formula is C18H25N5O4S. The van der Waals surface area contributed by atoms with Gasteiger partial charge in [-0.1, -0.05) is 24.6 Å². The first-order valence-corrected chi connectivity index (χ1v) is 10.3. The monoisotopic (exact) mass is 407 g/mol. The predicted molar refractivity (Wildman–Crippen MR) is 107 cm³/mol. The SMILES string of the molecule is COCCNC(=O)CSc1nc(C2CCCC2)nc2c1c(=O)n(C)c(=O)n2C. The highest BCUT2D eigenvalue weighted by molar-refractivity contribution is 8.00. The lowest BCUT2D eigenvalue weighted by Crippen LogP contribution is -2.38. The number of ether oxygens (including phenoxy) is 1. The number of amides is 1. The van der Waals surface area contributed by atoms with Crippen molar-refractivity contribution in [3.8, 4) is 0 Å². The van der Waals surface area contributed by atoms with E-state index in [9.17, 15) is 14.4 Å². The molecule has 0 aromatic carbocycles. The van der Waals surface area contributed by atoms with E-state index in [1.165, 1.54) is 23.4 Å². The zero-order chi connectivity index (χ0) is 20.3. The van der Waals surface area contributed by atoms with Crippen LogP contribution in [0.25, 0.3) is 11.0 Å². The molecule has 1 aliphatic rings. The molecule has 1 N–H and O–H groups in total. The van der Waals surface area contributed by atoms with Gasteiger partial charge in [-0.25, -0.2) is 14.8 Å². The Morgan fingerprint density at radius 1 is 1.21 bits per heavy atom. The number of hydrogen-bond donors (Lipinski definition) is 1. The van der Waals surface area contributed by atoms with Crippen LogP contribution < -0.4 is 16.6 Å². The molecule has 0 atom stereocenters. The van der Waals surface area contributed by atoms with Crippen LogP contribution in [0.2, 0.25) is 0 Å². The highest BCUT2D eigenvalue weighted by Gasteiger charge is 2.24. The van der Waals surface area contributed by atoms with Gasteiger partial charge in [0.2, 0.25) is 5.91 Å². The number of fused-ring (bicyclic) bond motifs is 1. The quantitative estimate of drug-likeness (QED) is 0.405. The lowest BCUT2D eigenvalue weighted by atomic mass is 10.1. The summed E-state index contributed by atoms with van der Waals surface area (Å²) in [4.78, 5) is 46.4. The molecule has 3 rings (SSSR count). The molecule has 1 fully saturated rings. The van der Waals surface area contributed by atoms with Crippen LogP contribution in [-0.2, 0) is 23.6 Å². The van der Waals surface area contributed by atoms with Gasteiger partial charge < -0.3 is 10.1 Å². The molecule has 1 saturated carbocycles. The van der Waals surface area contributed by atoms with E-state index in [2.05, 4.69) is 15.3 Å². The van der Waals surface area contributed by atoms with Crippen molar-refractivity contribution < 1.29 is 9.53 Å². The Bertz CT molecular complexity index is 994. The molecule has 0 radical (unpaired) electrons. The van der Waals surface area contributed by atoms with Gasteiger partial charge in [-0.15, -0.1) is 0 Å². The molecule has 2 aromatic rings. The van der Waals surface area contributed by atoms with E-state index in [0.29, 0.717) is 29.6 Å². The Kier molecular flexibility index (Phi) is 6.50. The van der Waals surface area contributed by atoms with Gasteiger partial charge in [-0.2, -0.15) is 0 Å². The van der Waals surface area contributed by atoms with E-state index in [-0.39, 0.29) is 23.0 Å². The molecule has 152 valence electrons. The van der Waals surface area contributed by atoms with Crippen LogP contribution in [0.5, 0.6) is 0 Å². The minimum atomic E-state index is -0.446. The highest BCUT2D eigenvalue weighted by Crippen LogP contribution is 2.34. The van der Waals surface area contributed by atoms with E-state index in [1.54, 1.807) is 14.2 Å². The molecular weight excluding hydrogens is 382 g/mol. The summed E-state index contributed by atoms with van der Waals surface area (Å²) in [7, 11) is 4.60. The van der Waals surface area contributed by atoms with Gasteiger partial charge in [0.05, 0.1) is 12.4 Å². The van der Waals surface area contributed by atoms with E-state index in [4.69, 9.17) is 4.74 Å². The minimum absolute atomic E-state index is 0.117. The maximum atomic E-state index is 12.7. The average molecular weight is 407 g/mol. The number of carbonyl (C=O) groups is 1. The Labute approximate surface area is 166 Å². The number of rotatable bonds is 7. The van der Waals surface area contributed by atoms with Gasteiger partial charge in [-0.3, -0.25) is 18.7 Å². The van der Waals surface area contributed by atoms with Crippen molar-refractivity contribution in [1.29, 1.82) is 0 Å². The summed E-state index contributed by atoms with van der Waals surface area (Å²) < 4.78 is 7.34. The molecule has 1 amide bonds. The van der Waals surface area contributed by atoms with Gasteiger partial charge >= 0.3 is 5.69 Å². The number of nitrogens with zero attached hydrogens (tertiary/aromatic N) is 4. The van der Waals surface area contributed by atoms with Crippen LogP contribution in [0.15, 0.2) is 14.6 Å². The Morgan fingerprint density at radius 3 is 2.61 bits per heavy atom. The maximum absolute atomic E-state index is 12.7. The van der Waals surface area contributed by atoms with Gasteiger partial charge in [0.25, 0.3) is 5.56 Å². The summed E-state index contributed by atoms with van der Waals surface area (Å²) in [5, 5.41) is 3.48. The molecule has 1 aliphatic carbocycles. The molecule has 2 heterocycles. The van der Waals surface area contributed by atoms with Crippen molar-refractivity contribution in [3.63, 3.8) is 0 Å². The first-order valence-electron chi connectivity index (χ1n) is 9.30. The molecule has 0 unspecified atom stereocenters. The number of nitrogens with one attached hydrogen (secondary N) is 1. The maximum Gasteiger partial charge on any atom is 0.332 e. The van der Waals surface area contributed by atoms with Crippen molar-refractivity contribution in [3.05, 3.63) is 26.7 Å². The second kappa shape index (κ2) is 8.87. The number of thioether (sulfide) groups is 1. The molecule has 0 spiro atoms. The fraction of sp³-hybridized carbons (Fsp3) is 0.611. The normalized spacial score (nSPS) is 14.7. The van der Waals surface area contributed by atoms with Crippen LogP contribution in [0.4, 0.5) is 0 Å².